The van der Waals surface area contributed by atoms with Gasteiger partial charge in [0.1, 0.15) is 18.1 Å². The Labute approximate surface area is 159 Å². The molecule has 5 nitrogen and oxygen atoms in total. The Morgan fingerprint density at radius 1 is 1.00 bits per heavy atom. The number of nitrogens with zero attached hydrogens (tertiary/aromatic N) is 1. The number of hydrogen-bond donors (Lipinski definition) is 1. The molecule has 0 saturated carbocycles. The average Bonchev–Trinajstić information content (AvgIpc) is 3.00. The van der Waals surface area contributed by atoms with Gasteiger partial charge >= 0.3 is 0 Å². The minimum Gasteiger partial charge on any atom is -0.489 e. The Morgan fingerprint density at radius 2 is 1.70 bits per heavy atom. The van der Waals surface area contributed by atoms with Gasteiger partial charge in [-0.3, -0.25) is 4.79 Å². The van der Waals surface area contributed by atoms with Crippen LogP contribution < -0.4 is 10.1 Å². The lowest BCUT2D eigenvalue weighted by atomic mass is 10.1. The van der Waals surface area contributed by atoms with E-state index < -0.39 is 0 Å². The fourth-order valence-electron chi connectivity index (χ4n) is 2.88. The topological polar surface area (TPSA) is 64.4 Å². The Morgan fingerprint density at radius 3 is 2.37 bits per heavy atom. The molecular formula is C22H24N2O3. The van der Waals surface area contributed by atoms with Gasteiger partial charge in [-0.2, -0.15) is 0 Å². The van der Waals surface area contributed by atoms with Crippen LogP contribution in [0, 0.1) is 34.6 Å². The van der Waals surface area contributed by atoms with E-state index in [1.807, 2.05) is 57.2 Å². The molecule has 0 radical (unpaired) electrons. The Balaban J connectivity index is 1.79. The predicted octanol–water partition coefficient (Wildman–Crippen LogP) is 5.05. The maximum Gasteiger partial charge on any atom is 0.278 e. The molecule has 2 aromatic carbocycles. The Bertz CT molecular complexity index is 969. The summed E-state index contributed by atoms with van der Waals surface area (Å²) in [6.07, 6.45) is 0. The summed E-state index contributed by atoms with van der Waals surface area (Å²) in [6.45, 7) is 10.0. The molecule has 0 aliphatic rings. The molecule has 0 saturated heterocycles. The van der Waals surface area contributed by atoms with Crippen molar-refractivity contribution in [2.24, 2.45) is 0 Å². The summed E-state index contributed by atoms with van der Waals surface area (Å²) in [5.74, 6) is 1.02. The van der Waals surface area contributed by atoms with E-state index in [0.29, 0.717) is 11.3 Å². The summed E-state index contributed by atoms with van der Waals surface area (Å²) in [5.41, 5.74) is 6.05. The minimum absolute atomic E-state index is 0.216. The molecule has 140 valence electrons. The zero-order valence-electron chi connectivity index (χ0n) is 16.3. The quantitative estimate of drug-likeness (QED) is 0.688. The lowest BCUT2D eigenvalue weighted by molar-refractivity contribution is 0.101. The largest absolute Gasteiger partial charge is 0.489 e. The highest BCUT2D eigenvalue weighted by molar-refractivity contribution is 6.04. The van der Waals surface area contributed by atoms with Crippen molar-refractivity contribution < 1.29 is 14.1 Å². The number of carbonyl (C=O) groups is 1. The molecule has 1 heterocycles. The number of hydrogen-bond acceptors (Lipinski definition) is 4. The number of ether oxygens (including phenoxy) is 1. The van der Waals surface area contributed by atoms with E-state index >= 15 is 0 Å². The van der Waals surface area contributed by atoms with E-state index in [1.54, 1.807) is 6.92 Å². The summed E-state index contributed by atoms with van der Waals surface area (Å²) in [6, 6.07) is 11.8. The first-order chi connectivity index (χ1) is 12.9. The van der Waals surface area contributed by atoms with E-state index in [2.05, 4.69) is 17.4 Å². The van der Waals surface area contributed by atoms with Crippen molar-refractivity contribution in [2.45, 2.75) is 41.2 Å². The molecule has 0 atom stereocenters. The number of aryl methyl sites for hydroxylation is 5. The summed E-state index contributed by atoms with van der Waals surface area (Å²) >= 11 is 0. The van der Waals surface area contributed by atoms with Crippen LogP contribution in [-0.4, -0.2) is 11.1 Å². The number of amides is 1. The molecule has 27 heavy (non-hydrogen) atoms. The zero-order valence-corrected chi connectivity index (χ0v) is 16.3. The Kier molecular flexibility index (Phi) is 5.31. The molecule has 0 aliphatic heterocycles. The van der Waals surface area contributed by atoms with E-state index in [4.69, 9.17) is 9.26 Å². The van der Waals surface area contributed by atoms with Crippen LogP contribution in [-0.2, 0) is 6.61 Å². The van der Waals surface area contributed by atoms with Crippen molar-refractivity contribution >= 4 is 11.6 Å². The summed E-state index contributed by atoms with van der Waals surface area (Å²) in [4.78, 5) is 12.8. The lowest BCUT2D eigenvalue weighted by Crippen LogP contribution is -2.16. The summed E-state index contributed by atoms with van der Waals surface area (Å²) < 4.78 is 11.1. The zero-order chi connectivity index (χ0) is 19.6. The number of para-hydroxylation sites is 1. The van der Waals surface area contributed by atoms with Crippen LogP contribution in [0.15, 0.2) is 40.9 Å². The average molecular weight is 364 g/mol. The van der Waals surface area contributed by atoms with Crippen molar-refractivity contribution in [1.82, 2.24) is 5.16 Å². The first kappa shape index (κ1) is 18.7. The number of carbonyl (C=O) groups excluding carboxylic acids is 1. The second kappa shape index (κ2) is 7.66. The molecule has 1 N–H and O–H groups in total. The van der Waals surface area contributed by atoms with Gasteiger partial charge in [0, 0.05) is 5.69 Å². The monoisotopic (exact) mass is 364 g/mol. The first-order valence-corrected chi connectivity index (χ1v) is 8.89. The molecule has 0 unspecified atom stereocenters. The highest BCUT2D eigenvalue weighted by Gasteiger charge is 2.21. The van der Waals surface area contributed by atoms with Crippen LogP contribution in [0.5, 0.6) is 5.75 Å². The summed E-state index contributed by atoms with van der Waals surface area (Å²) in [5, 5.41) is 6.89. The third kappa shape index (κ3) is 4.03. The highest BCUT2D eigenvalue weighted by atomic mass is 16.5. The van der Waals surface area contributed by atoms with Crippen LogP contribution in [0.4, 0.5) is 5.69 Å². The number of rotatable bonds is 5. The molecule has 1 amide bonds. The number of nitrogens with one attached hydrogen (secondary N) is 1. The standard InChI is InChI=1S/C22H24N2O3/c1-13-9-10-18(11-16(13)4)26-12-19-17(5)27-24-21(19)22(25)23-20-14(2)7-6-8-15(20)3/h6-11H,12H2,1-5H3,(H,23,25). The second-order valence-electron chi connectivity index (χ2n) is 6.82. The Hall–Kier alpha value is -3.08. The van der Waals surface area contributed by atoms with Crippen LogP contribution in [0.25, 0.3) is 0 Å². The van der Waals surface area contributed by atoms with Crippen molar-refractivity contribution in [1.29, 1.82) is 0 Å². The number of aromatic nitrogens is 1. The molecule has 3 rings (SSSR count). The molecule has 0 spiro atoms. The molecule has 0 fully saturated rings. The van der Waals surface area contributed by atoms with E-state index in [0.717, 1.165) is 28.1 Å². The van der Waals surface area contributed by atoms with Gasteiger partial charge in [-0.05, 0) is 69.0 Å². The number of benzene rings is 2. The van der Waals surface area contributed by atoms with Gasteiger partial charge in [0.2, 0.25) is 0 Å². The predicted molar refractivity (Wildman–Crippen MR) is 105 cm³/mol. The van der Waals surface area contributed by atoms with Crippen molar-refractivity contribution in [2.75, 3.05) is 5.32 Å². The van der Waals surface area contributed by atoms with Gasteiger partial charge in [0.05, 0.1) is 5.56 Å². The fourth-order valence-corrected chi connectivity index (χ4v) is 2.88. The van der Waals surface area contributed by atoms with Gasteiger partial charge < -0.3 is 14.6 Å². The molecule has 0 bridgehead atoms. The lowest BCUT2D eigenvalue weighted by Gasteiger charge is -2.11. The van der Waals surface area contributed by atoms with Crippen LogP contribution >= 0.6 is 0 Å². The minimum atomic E-state index is -0.303. The normalized spacial score (nSPS) is 10.7. The third-order valence-electron chi connectivity index (χ3n) is 4.78. The van der Waals surface area contributed by atoms with E-state index in [-0.39, 0.29) is 18.2 Å². The second-order valence-corrected chi connectivity index (χ2v) is 6.82. The van der Waals surface area contributed by atoms with Crippen molar-refractivity contribution in [3.05, 3.63) is 75.7 Å². The van der Waals surface area contributed by atoms with Crippen LogP contribution in [0.2, 0.25) is 0 Å². The smallest absolute Gasteiger partial charge is 0.278 e. The third-order valence-corrected chi connectivity index (χ3v) is 4.78. The first-order valence-electron chi connectivity index (χ1n) is 8.89. The molecular weight excluding hydrogens is 340 g/mol. The molecule has 3 aromatic rings. The SMILES string of the molecule is Cc1ccc(OCc2c(C(=O)Nc3c(C)cccc3C)noc2C)cc1C. The van der Waals surface area contributed by atoms with Crippen LogP contribution in [0.1, 0.15) is 44.1 Å². The van der Waals surface area contributed by atoms with Gasteiger partial charge in [0.15, 0.2) is 5.69 Å². The van der Waals surface area contributed by atoms with Gasteiger partial charge in [-0.1, -0.05) is 29.4 Å². The molecule has 0 aliphatic carbocycles. The maximum atomic E-state index is 12.8. The van der Waals surface area contributed by atoms with E-state index in [9.17, 15) is 4.79 Å². The van der Waals surface area contributed by atoms with Gasteiger partial charge in [-0.25, -0.2) is 0 Å². The van der Waals surface area contributed by atoms with E-state index in [1.165, 1.54) is 5.56 Å². The van der Waals surface area contributed by atoms with Gasteiger partial charge in [-0.15, -0.1) is 0 Å². The van der Waals surface area contributed by atoms with Crippen molar-refractivity contribution in [3.63, 3.8) is 0 Å². The van der Waals surface area contributed by atoms with Crippen LogP contribution in [0.3, 0.4) is 0 Å². The van der Waals surface area contributed by atoms with Gasteiger partial charge in [0.25, 0.3) is 5.91 Å². The van der Waals surface area contributed by atoms with Crippen molar-refractivity contribution in [3.8, 4) is 5.75 Å². The molecule has 5 heteroatoms. The number of anilines is 1. The highest BCUT2D eigenvalue weighted by Crippen LogP contribution is 2.23. The maximum absolute atomic E-state index is 12.8. The fraction of sp³-hybridized carbons (Fsp3) is 0.273. The molecule has 1 aromatic heterocycles. The summed E-state index contributed by atoms with van der Waals surface area (Å²) in [7, 11) is 0.